The van der Waals surface area contributed by atoms with Crippen LogP contribution in [0.15, 0.2) is 30.3 Å². The Labute approximate surface area is 705 Å². The molecule has 0 heterocycles. The first-order chi connectivity index (χ1) is 56.2. The zero-order chi connectivity index (χ0) is 90.8. The predicted molar refractivity (Wildman–Crippen MR) is 438 cm³/mol. The van der Waals surface area contributed by atoms with Gasteiger partial charge in [-0.15, -0.1) is 0 Å². The lowest BCUT2D eigenvalue weighted by atomic mass is 9.96. The number of rotatable bonds is 67. The van der Waals surface area contributed by atoms with Crippen LogP contribution in [0, 0.1) is 10.8 Å². The second-order valence-corrected chi connectivity index (χ2v) is 30.5. The molecule has 119 heavy (non-hydrogen) atoms. The van der Waals surface area contributed by atoms with Gasteiger partial charge in [-0.3, -0.25) is 78.4 Å². The second kappa shape index (κ2) is 75.7. The van der Waals surface area contributed by atoms with Crippen molar-refractivity contribution in [3.63, 3.8) is 0 Å². The molecule has 1 aromatic rings. The Morgan fingerprint density at radius 2 is 0.597 bits per heavy atom. The van der Waals surface area contributed by atoms with Crippen LogP contribution in [0.5, 0.6) is 0 Å². The van der Waals surface area contributed by atoms with Crippen LogP contribution in [-0.2, 0) is 121 Å². The molecule has 0 bridgehead atoms. The standard InChI is InChI=1S/C26H51N5O10.C20H33NO2.C13H24O6.C12H23NO6.C11H20O6/c1-22(32)28(36)14-9-7-5-4-6-8-10-15-30(38)24(34)12-18-40-20-26(3,27)21-41-19-13-25(35)31(39)17-11-16-29(37)23(2)33;1-3-4-5-6-7-8-9-10-14-17-21(19(2)22)23-18-20-15-12-11-13-16-20;1-13(2,9-18-7-5-11(14)16-3)10-19-8-6-12(15)17-4;1-12(13,8-18-6-4-10(14)16-2)9-19-7-5-11(15)17-3;1-11(2,7-16-5-3-9(12)13)8-17-6-4-10(14)15/h36-39H,4-21,27H2,1-3H3;11-13,15-16H,3-10,14,17-18H2,1-2H3;5-10H2,1-4H3;4-9,13H2,1-3H3;3-8H2,1-2H3,(H,12,13)(H,14,15). The van der Waals surface area contributed by atoms with Gasteiger partial charge in [0, 0.05) is 51.2 Å². The predicted octanol–water partition coefficient (Wildman–Crippen LogP) is 9.08. The topological polar surface area (TPSA) is 497 Å². The lowest BCUT2D eigenvalue weighted by Gasteiger charge is -2.24. The highest BCUT2D eigenvalue weighted by Gasteiger charge is 2.24. The first-order valence-corrected chi connectivity index (χ1v) is 40.9. The van der Waals surface area contributed by atoms with Crippen LogP contribution in [0.4, 0.5) is 0 Å². The number of carboxylic acids is 2. The maximum Gasteiger partial charge on any atom is 0.307 e. The molecule has 0 spiro atoms. The SMILES string of the molecule is CC(=O)N(O)CCCCCCCCCN(O)C(=O)CCOCC(C)(N)COCCC(=O)N(O)CCCN(O)C(C)=O.CC(C)(COCCC(=O)O)COCCC(=O)O.CCCCCCCCCCCN(OCc1ccccc1)C(C)=O.COC(=O)CCOCC(C)(C)COCCC(=O)OC.COC(=O)CCOCC(C)(N)COCCC(=O)OC. The van der Waals surface area contributed by atoms with Gasteiger partial charge in [-0.05, 0) is 45.1 Å². The molecule has 0 radical (unpaired) electrons. The molecule has 1 unspecified atom stereocenters. The molecule has 0 saturated heterocycles. The highest BCUT2D eigenvalue weighted by Crippen LogP contribution is 2.19. The van der Waals surface area contributed by atoms with E-state index in [-0.39, 0.29) is 190 Å². The number of nitrogens with zero attached hydrogens (tertiary/aromatic N) is 5. The number of carbonyl (C=O) groups excluding carboxylic acids is 9. The molecule has 1 rings (SSSR count). The number of unbranched alkanes of at least 4 members (excludes halogenated alkanes) is 14. The van der Waals surface area contributed by atoms with E-state index in [0.29, 0.717) is 80.9 Å². The zero-order valence-electron chi connectivity index (χ0n) is 74.0. The Bertz CT molecular complexity index is 2680. The average Bonchev–Trinajstić information content (AvgIpc) is 0.934. The van der Waals surface area contributed by atoms with Crippen LogP contribution in [0.2, 0.25) is 0 Å². The van der Waals surface area contributed by atoms with Crippen LogP contribution in [0.25, 0.3) is 0 Å². The number of hydrogen-bond donors (Lipinski definition) is 8. The van der Waals surface area contributed by atoms with Crippen molar-refractivity contribution in [2.45, 2.75) is 247 Å². The van der Waals surface area contributed by atoms with Crippen LogP contribution in [0.1, 0.15) is 235 Å². The van der Waals surface area contributed by atoms with E-state index in [1.165, 1.54) is 98.7 Å². The molecule has 0 aliphatic heterocycles. The fraction of sp³-hybridized carbons (Fsp3) is 0.793. The summed E-state index contributed by atoms with van der Waals surface area (Å²) >= 11 is 0. The lowest BCUT2D eigenvalue weighted by molar-refractivity contribution is -0.189. The van der Waals surface area contributed by atoms with Gasteiger partial charge in [0.15, 0.2) is 0 Å². The normalized spacial score (nSPS) is 11.6. The summed E-state index contributed by atoms with van der Waals surface area (Å²) in [5, 5.41) is 59.0. The first kappa shape index (κ1) is 118. The number of carboxylic acid groups (broad SMARTS) is 2. The quantitative estimate of drug-likeness (QED) is 0.00990. The molecule has 1 aromatic carbocycles. The lowest BCUT2D eigenvalue weighted by Crippen LogP contribution is -2.46. The molecule has 1 atom stereocenters. The minimum atomic E-state index is -0.888. The van der Waals surface area contributed by atoms with Crippen LogP contribution in [-0.4, -0.2) is 300 Å². The molecule has 10 N–H and O–H groups in total. The van der Waals surface area contributed by atoms with Gasteiger partial charge < -0.3 is 78.5 Å². The molecule has 37 nitrogen and oxygen atoms in total. The average molecular weight is 1720 g/mol. The largest absolute Gasteiger partial charge is 0.481 e. The van der Waals surface area contributed by atoms with Crippen molar-refractivity contribution in [3.05, 3.63) is 35.9 Å². The van der Waals surface area contributed by atoms with E-state index >= 15 is 0 Å². The third-order valence-electron chi connectivity index (χ3n) is 16.6. The summed E-state index contributed by atoms with van der Waals surface area (Å²) in [4.78, 5) is 127. The Kier molecular flexibility index (Phi) is 75.2. The first-order valence-electron chi connectivity index (χ1n) is 40.9. The van der Waals surface area contributed by atoms with E-state index in [1.54, 1.807) is 20.8 Å². The van der Waals surface area contributed by atoms with E-state index in [4.69, 9.17) is 64.4 Å². The molecule has 694 valence electrons. The number of hydroxylamine groups is 10. The van der Waals surface area contributed by atoms with E-state index in [0.717, 1.165) is 55.6 Å². The highest BCUT2D eigenvalue weighted by molar-refractivity contribution is 5.76. The molecule has 0 fully saturated rings. The molecule has 37 heteroatoms. The molecular formula is C82H151N7O30. The third-order valence-corrected chi connectivity index (χ3v) is 16.6. The fourth-order valence-electron chi connectivity index (χ4n) is 9.66. The molecule has 0 aromatic heterocycles. The number of aliphatic carboxylic acids is 2. The van der Waals surface area contributed by atoms with Crippen molar-refractivity contribution in [2.24, 2.45) is 22.3 Å². The number of esters is 4. The third kappa shape index (κ3) is 81.6. The molecule has 0 aliphatic carbocycles. The number of ether oxygens (including phenoxy) is 12. The second-order valence-electron chi connectivity index (χ2n) is 30.5. The highest BCUT2D eigenvalue weighted by atomic mass is 16.7. The van der Waals surface area contributed by atoms with Gasteiger partial charge in [0.2, 0.25) is 29.5 Å². The molecule has 0 saturated carbocycles. The molecule has 5 amide bonds. The number of carbonyl (C=O) groups is 11. The smallest absolute Gasteiger partial charge is 0.307 e. The molecule has 0 aliphatic rings. The summed E-state index contributed by atoms with van der Waals surface area (Å²) in [5.41, 5.74) is 11.2. The summed E-state index contributed by atoms with van der Waals surface area (Å²) in [6.45, 7) is 23.2. The number of nitrogens with two attached hydrogens (primary N) is 2. The monoisotopic (exact) mass is 1710 g/mol. The minimum absolute atomic E-state index is 0.00311. The maximum absolute atomic E-state index is 12.1. The van der Waals surface area contributed by atoms with E-state index in [1.807, 2.05) is 58.0 Å². The van der Waals surface area contributed by atoms with Gasteiger partial charge in [-0.25, -0.2) is 25.3 Å². The van der Waals surface area contributed by atoms with Crippen LogP contribution in [0.3, 0.4) is 0 Å². The zero-order valence-corrected chi connectivity index (χ0v) is 74.0. The number of methoxy groups -OCH3 is 4. The summed E-state index contributed by atoms with van der Waals surface area (Å²) in [7, 11) is 5.35. The van der Waals surface area contributed by atoms with Crippen molar-refractivity contribution < 1.29 is 145 Å². The van der Waals surface area contributed by atoms with Gasteiger partial charge in [0.25, 0.3) is 0 Å². The summed E-state index contributed by atoms with van der Waals surface area (Å²) < 4.78 is 60.6. The van der Waals surface area contributed by atoms with Crippen molar-refractivity contribution in [2.75, 3.05) is 167 Å². The Morgan fingerprint density at radius 1 is 0.336 bits per heavy atom. The van der Waals surface area contributed by atoms with Gasteiger partial charge in [-0.2, -0.15) is 0 Å². The number of hydrogen-bond acceptors (Lipinski definition) is 30. The number of benzene rings is 1. The Balaban J connectivity index is -0.000000730. The van der Waals surface area contributed by atoms with Gasteiger partial charge in [0.1, 0.15) is 6.61 Å². The fourth-order valence-corrected chi connectivity index (χ4v) is 9.66. The van der Waals surface area contributed by atoms with Crippen molar-refractivity contribution in [1.29, 1.82) is 0 Å². The van der Waals surface area contributed by atoms with Crippen LogP contribution < -0.4 is 11.5 Å². The Morgan fingerprint density at radius 3 is 0.891 bits per heavy atom. The van der Waals surface area contributed by atoms with Crippen molar-refractivity contribution in [1.82, 2.24) is 25.3 Å². The Hall–Kier alpha value is -7.21. The van der Waals surface area contributed by atoms with E-state index in [9.17, 15) is 73.6 Å². The van der Waals surface area contributed by atoms with Crippen molar-refractivity contribution in [3.8, 4) is 0 Å². The maximum atomic E-state index is 12.1. The van der Waals surface area contributed by atoms with Gasteiger partial charge >= 0.3 is 35.8 Å². The van der Waals surface area contributed by atoms with E-state index in [2.05, 4.69) is 25.9 Å². The van der Waals surface area contributed by atoms with Gasteiger partial charge in [-0.1, -0.05) is 148 Å². The minimum Gasteiger partial charge on any atom is -0.481 e. The summed E-state index contributed by atoms with van der Waals surface area (Å²) in [6, 6.07) is 9.97. The summed E-state index contributed by atoms with van der Waals surface area (Å²) in [6.07, 6.45) is 18.7. The van der Waals surface area contributed by atoms with E-state index < -0.39 is 40.7 Å². The van der Waals surface area contributed by atoms with Crippen molar-refractivity contribution >= 4 is 65.4 Å². The molecular weight excluding hydrogens is 1560 g/mol. The number of amides is 5. The van der Waals surface area contributed by atoms with Gasteiger partial charge in [0.05, 0.1) is 210 Å². The summed E-state index contributed by atoms with van der Waals surface area (Å²) in [5.74, 6) is -4.92. The van der Waals surface area contributed by atoms with Crippen LogP contribution >= 0.6 is 0 Å².